The van der Waals surface area contributed by atoms with Crippen LogP contribution < -0.4 is 4.74 Å². The molecule has 0 saturated carbocycles. The highest BCUT2D eigenvalue weighted by atomic mass is 35.5. The van der Waals surface area contributed by atoms with Gasteiger partial charge in [-0.1, -0.05) is 28.3 Å². The number of pyridine rings is 1. The first kappa shape index (κ1) is 16.5. The topological polar surface area (TPSA) is 75.3 Å². The zero-order valence-electron chi connectivity index (χ0n) is 12.8. The predicted molar refractivity (Wildman–Crippen MR) is 94.9 cm³/mol. The molecule has 0 spiro atoms. The van der Waals surface area contributed by atoms with Crippen LogP contribution in [0.2, 0.25) is 10.0 Å². The van der Waals surface area contributed by atoms with Gasteiger partial charge in [-0.15, -0.1) is 0 Å². The summed E-state index contributed by atoms with van der Waals surface area (Å²) in [6.45, 7) is 0.376. The van der Waals surface area contributed by atoms with Crippen molar-refractivity contribution < 1.29 is 4.74 Å². The van der Waals surface area contributed by atoms with Gasteiger partial charge in [0.25, 0.3) is 0 Å². The van der Waals surface area contributed by atoms with Crippen LogP contribution in [0.1, 0.15) is 5.69 Å². The van der Waals surface area contributed by atoms with Gasteiger partial charge in [-0.3, -0.25) is 0 Å². The Hall–Kier alpha value is -2.40. The maximum absolute atomic E-state index is 8.34. The molecule has 0 N–H and O–H groups in total. The van der Waals surface area contributed by atoms with Crippen molar-refractivity contribution in [2.24, 2.45) is 5.11 Å². The summed E-state index contributed by atoms with van der Waals surface area (Å²) >= 11 is 12.5. The summed E-state index contributed by atoms with van der Waals surface area (Å²) in [5.74, 6) is 0.642. The molecule has 8 heteroatoms. The lowest BCUT2D eigenvalue weighted by Crippen LogP contribution is -1.91. The maximum Gasteiger partial charge on any atom is 0.137 e. The average molecular weight is 362 g/mol. The quantitative estimate of drug-likeness (QED) is 0.357. The molecule has 0 aliphatic heterocycles. The van der Waals surface area contributed by atoms with Gasteiger partial charge >= 0.3 is 0 Å². The van der Waals surface area contributed by atoms with Gasteiger partial charge in [-0.05, 0) is 41.8 Å². The minimum absolute atomic E-state index is 0.376. The first-order chi connectivity index (χ1) is 11.6. The first-order valence-corrected chi connectivity index (χ1v) is 7.90. The fraction of sp³-hybridized carbons (Fsp3) is 0.188. The van der Waals surface area contributed by atoms with Gasteiger partial charge in [0.1, 0.15) is 11.4 Å². The molecule has 2 heterocycles. The smallest absolute Gasteiger partial charge is 0.137 e. The van der Waals surface area contributed by atoms with Crippen molar-refractivity contribution in [2.45, 2.75) is 6.42 Å². The Morgan fingerprint density at radius 3 is 2.92 bits per heavy atom. The molecule has 0 aliphatic carbocycles. The molecular formula is C16H13Cl2N5O. The Morgan fingerprint density at radius 2 is 2.17 bits per heavy atom. The minimum atomic E-state index is 0.376. The number of imidazole rings is 1. The highest BCUT2D eigenvalue weighted by molar-refractivity contribution is 6.44. The van der Waals surface area contributed by atoms with Gasteiger partial charge in [0, 0.05) is 29.4 Å². The van der Waals surface area contributed by atoms with E-state index >= 15 is 0 Å². The normalized spacial score (nSPS) is 10.6. The van der Waals surface area contributed by atoms with Crippen LogP contribution in [0.3, 0.4) is 0 Å². The van der Waals surface area contributed by atoms with Crippen LogP contribution in [-0.4, -0.2) is 23.0 Å². The standard InChI is InChI=1S/C16H13Cl2N5O/c1-24-13-3-2-12(17)16(18)15(13)10-5-7-23-9-11(4-6-20-22-19)21-14(23)8-10/h2-3,5,7-9H,4,6H2,1H3. The number of nitrogens with zero attached hydrogens (tertiary/aromatic N) is 5. The molecule has 1 aromatic carbocycles. The highest BCUT2D eigenvalue weighted by Gasteiger charge is 2.14. The lowest BCUT2D eigenvalue weighted by Gasteiger charge is -2.12. The third-order valence-corrected chi connectivity index (χ3v) is 4.41. The Balaban J connectivity index is 2.05. The second kappa shape index (κ2) is 7.01. The Kier molecular flexibility index (Phi) is 4.81. The summed E-state index contributed by atoms with van der Waals surface area (Å²) in [7, 11) is 1.59. The largest absolute Gasteiger partial charge is 0.496 e. The number of ether oxygens (including phenoxy) is 1. The van der Waals surface area contributed by atoms with Crippen molar-refractivity contribution in [1.29, 1.82) is 0 Å². The third kappa shape index (κ3) is 3.12. The summed E-state index contributed by atoms with van der Waals surface area (Å²) in [5.41, 5.74) is 11.5. The second-order valence-corrected chi connectivity index (χ2v) is 5.84. The van der Waals surface area contributed by atoms with E-state index in [1.165, 1.54) is 0 Å². The molecule has 0 aliphatic rings. The molecule has 0 atom stereocenters. The maximum atomic E-state index is 8.34. The van der Waals surface area contributed by atoms with Crippen molar-refractivity contribution in [3.05, 3.63) is 62.8 Å². The van der Waals surface area contributed by atoms with Crippen LogP contribution in [0, 0.1) is 0 Å². The van der Waals surface area contributed by atoms with E-state index in [1.54, 1.807) is 19.2 Å². The van der Waals surface area contributed by atoms with Crippen LogP contribution >= 0.6 is 23.2 Å². The molecule has 0 amide bonds. The first-order valence-electron chi connectivity index (χ1n) is 7.15. The molecule has 0 unspecified atom stereocenters. The number of rotatable bonds is 5. The number of halogens is 2. The van der Waals surface area contributed by atoms with E-state index < -0.39 is 0 Å². The van der Waals surface area contributed by atoms with Gasteiger partial charge in [-0.25, -0.2) is 4.98 Å². The van der Waals surface area contributed by atoms with Gasteiger partial charge < -0.3 is 9.14 Å². The summed E-state index contributed by atoms with van der Waals surface area (Å²) in [5, 5.41) is 4.43. The molecule has 122 valence electrons. The van der Waals surface area contributed by atoms with Gasteiger partial charge in [0.05, 0.1) is 22.8 Å². The van der Waals surface area contributed by atoms with E-state index in [2.05, 4.69) is 15.0 Å². The highest BCUT2D eigenvalue weighted by Crippen LogP contribution is 2.40. The zero-order valence-corrected chi connectivity index (χ0v) is 14.3. The lowest BCUT2D eigenvalue weighted by molar-refractivity contribution is 0.416. The number of hydrogen-bond acceptors (Lipinski definition) is 3. The van der Waals surface area contributed by atoms with Crippen LogP contribution in [0.15, 0.2) is 41.8 Å². The fourth-order valence-corrected chi connectivity index (χ4v) is 2.91. The van der Waals surface area contributed by atoms with Crippen molar-refractivity contribution in [1.82, 2.24) is 9.38 Å². The Bertz CT molecular complexity index is 947. The summed E-state index contributed by atoms with van der Waals surface area (Å²) in [6.07, 6.45) is 4.39. The van der Waals surface area contributed by atoms with E-state index in [9.17, 15) is 0 Å². The number of methoxy groups -OCH3 is 1. The van der Waals surface area contributed by atoms with E-state index in [-0.39, 0.29) is 0 Å². The predicted octanol–water partition coefficient (Wildman–Crippen LogP) is 5.17. The average Bonchev–Trinajstić information content (AvgIpc) is 2.99. The zero-order chi connectivity index (χ0) is 17.1. The molecular weight excluding hydrogens is 349 g/mol. The number of fused-ring (bicyclic) bond motifs is 1. The molecule has 2 aromatic heterocycles. The number of benzene rings is 1. The van der Waals surface area contributed by atoms with Crippen molar-refractivity contribution in [3.8, 4) is 16.9 Å². The van der Waals surface area contributed by atoms with Crippen LogP contribution in [0.5, 0.6) is 5.75 Å². The SMILES string of the molecule is COc1ccc(Cl)c(Cl)c1-c1ccn2cc(CCN=[N+]=[N-])nc2c1. The van der Waals surface area contributed by atoms with Crippen LogP contribution in [-0.2, 0) is 6.42 Å². The molecule has 0 bridgehead atoms. The van der Waals surface area contributed by atoms with Gasteiger partial charge in [0.2, 0.25) is 0 Å². The van der Waals surface area contributed by atoms with Crippen LogP contribution in [0.25, 0.3) is 27.2 Å². The minimum Gasteiger partial charge on any atom is -0.496 e. The number of aromatic nitrogens is 2. The summed E-state index contributed by atoms with van der Waals surface area (Å²) in [6, 6.07) is 7.32. The number of hydrogen-bond donors (Lipinski definition) is 0. The van der Waals surface area contributed by atoms with Gasteiger partial charge in [0.15, 0.2) is 0 Å². The van der Waals surface area contributed by atoms with Crippen molar-refractivity contribution in [3.63, 3.8) is 0 Å². The van der Waals surface area contributed by atoms with Crippen LogP contribution in [0.4, 0.5) is 0 Å². The molecule has 3 rings (SSSR count). The van der Waals surface area contributed by atoms with Gasteiger partial charge in [-0.2, -0.15) is 0 Å². The lowest BCUT2D eigenvalue weighted by atomic mass is 10.1. The third-order valence-electron chi connectivity index (χ3n) is 3.61. The fourth-order valence-electron chi connectivity index (χ4n) is 2.49. The van der Waals surface area contributed by atoms with E-state index in [0.29, 0.717) is 28.8 Å². The molecule has 3 aromatic rings. The van der Waals surface area contributed by atoms with E-state index in [4.69, 9.17) is 33.5 Å². The molecule has 6 nitrogen and oxygen atoms in total. The van der Waals surface area contributed by atoms with E-state index in [1.807, 2.05) is 28.9 Å². The molecule has 24 heavy (non-hydrogen) atoms. The van der Waals surface area contributed by atoms with Crippen molar-refractivity contribution >= 4 is 28.8 Å². The van der Waals surface area contributed by atoms with E-state index in [0.717, 1.165) is 22.5 Å². The molecule has 0 radical (unpaired) electrons. The van der Waals surface area contributed by atoms with Crippen molar-refractivity contribution in [2.75, 3.05) is 13.7 Å². The second-order valence-electron chi connectivity index (χ2n) is 5.06. The monoisotopic (exact) mass is 361 g/mol. The summed E-state index contributed by atoms with van der Waals surface area (Å²) < 4.78 is 7.30. The molecule has 0 saturated heterocycles. The Labute approximate surface area is 148 Å². The number of azide groups is 1. The Morgan fingerprint density at radius 1 is 1.33 bits per heavy atom. The summed E-state index contributed by atoms with van der Waals surface area (Å²) in [4.78, 5) is 7.29. The molecule has 0 fully saturated rings.